The van der Waals surface area contributed by atoms with Crippen LogP contribution in [0.3, 0.4) is 0 Å². The van der Waals surface area contributed by atoms with Crippen molar-refractivity contribution in [3.8, 4) is 0 Å². The summed E-state index contributed by atoms with van der Waals surface area (Å²) in [6, 6.07) is 7.94. The van der Waals surface area contributed by atoms with Crippen LogP contribution >= 0.6 is 0 Å². The molecule has 1 saturated heterocycles. The molecule has 0 unspecified atom stereocenters. The average Bonchev–Trinajstić information content (AvgIpc) is 3.34. The predicted molar refractivity (Wildman–Crippen MR) is 93.0 cm³/mol. The zero-order chi connectivity index (χ0) is 16.9. The van der Waals surface area contributed by atoms with E-state index < -0.39 is 0 Å². The van der Waals surface area contributed by atoms with Crippen LogP contribution in [-0.4, -0.2) is 54.1 Å². The fourth-order valence-corrected chi connectivity index (χ4v) is 3.20. The number of carbonyl (C=O) groups excluding carboxylic acids is 2. The molecule has 2 aliphatic rings. The molecule has 6 heteroatoms. The number of amides is 2. The fraction of sp³-hybridized carbons (Fsp3) is 0.556. The van der Waals surface area contributed by atoms with Crippen LogP contribution in [-0.2, 0) is 9.59 Å². The number of aliphatic hydroxyl groups is 1. The summed E-state index contributed by atoms with van der Waals surface area (Å²) >= 11 is 0. The quantitative estimate of drug-likeness (QED) is 0.759. The van der Waals surface area contributed by atoms with E-state index in [4.69, 9.17) is 5.11 Å². The zero-order valence-corrected chi connectivity index (χ0v) is 13.9. The van der Waals surface area contributed by atoms with Crippen molar-refractivity contribution in [3.63, 3.8) is 0 Å². The third-order valence-corrected chi connectivity index (χ3v) is 4.56. The molecule has 0 aromatic heterocycles. The van der Waals surface area contributed by atoms with Crippen molar-refractivity contribution in [1.82, 2.24) is 4.90 Å². The average molecular weight is 331 g/mol. The molecule has 2 amide bonds. The third-order valence-electron chi connectivity index (χ3n) is 4.56. The van der Waals surface area contributed by atoms with E-state index in [0.29, 0.717) is 37.7 Å². The summed E-state index contributed by atoms with van der Waals surface area (Å²) in [6.07, 6.45) is 4.36. The molecule has 2 fully saturated rings. The standard InChI is InChI=1S/C18H25N3O3/c22-12-4-10-20(14-8-9-14)13-17(23)19-15-5-1-2-6-16(15)21-11-3-7-18(21)24/h1-2,5-6,14,22H,3-4,7-13H2,(H,19,23). The van der Waals surface area contributed by atoms with Crippen LogP contribution in [0.4, 0.5) is 11.4 Å². The number of hydrogen-bond acceptors (Lipinski definition) is 4. The van der Waals surface area contributed by atoms with Crippen LogP contribution in [0.5, 0.6) is 0 Å². The number of benzene rings is 1. The van der Waals surface area contributed by atoms with Crippen molar-refractivity contribution < 1.29 is 14.7 Å². The van der Waals surface area contributed by atoms with Gasteiger partial charge in [-0.05, 0) is 37.8 Å². The van der Waals surface area contributed by atoms with Gasteiger partial charge < -0.3 is 15.3 Å². The second-order valence-electron chi connectivity index (χ2n) is 6.49. The Morgan fingerprint density at radius 3 is 2.79 bits per heavy atom. The maximum absolute atomic E-state index is 12.4. The smallest absolute Gasteiger partial charge is 0.238 e. The topological polar surface area (TPSA) is 72.9 Å². The molecule has 0 atom stereocenters. The summed E-state index contributed by atoms with van der Waals surface area (Å²) in [5.74, 6) is 0.0400. The Labute approximate surface area is 142 Å². The van der Waals surface area contributed by atoms with Gasteiger partial charge >= 0.3 is 0 Å². The molecule has 0 radical (unpaired) electrons. The van der Waals surface area contributed by atoms with E-state index in [1.165, 1.54) is 0 Å². The van der Waals surface area contributed by atoms with Crippen molar-refractivity contribution in [2.75, 3.05) is 36.5 Å². The molecule has 6 nitrogen and oxygen atoms in total. The summed E-state index contributed by atoms with van der Waals surface area (Å²) in [6.45, 7) is 1.91. The molecular weight excluding hydrogens is 306 g/mol. The highest BCUT2D eigenvalue weighted by atomic mass is 16.3. The lowest BCUT2D eigenvalue weighted by molar-refractivity contribution is -0.118. The van der Waals surface area contributed by atoms with E-state index in [9.17, 15) is 9.59 Å². The molecule has 1 aliphatic heterocycles. The van der Waals surface area contributed by atoms with E-state index in [-0.39, 0.29) is 18.4 Å². The second-order valence-corrected chi connectivity index (χ2v) is 6.49. The van der Waals surface area contributed by atoms with Gasteiger partial charge in [-0.2, -0.15) is 0 Å². The molecule has 1 heterocycles. The number of aliphatic hydroxyl groups excluding tert-OH is 1. The van der Waals surface area contributed by atoms with Crippen molar-refractivity contribution in [1.29, 1.82) is 0 Å². The first-order chi connectivity index (χ1) is 11.7. The Balaban J connectivity index is 1.64. The predicted octanol–water partition coefficient (Wildman–Crippen LogP) is 1.60. The maximum Gasteiger partial charge on any atom is 0.238 e. The Morgan fingerprint density at radius 2 is 2.12 bits per heavy atom. The number of carbonyl (C=O) groups is 2. The summed E-state index contributed by atoms with van der Waals surface area (Å²) in [4.78, 5) is 28.3. The highest BCUT2D eigenvalue weighted by molar-refractivity contribution is 6.02. The molecule has 24 heavy (non-hydrogen) atoms. The van der Waals surface area contributed by atoms with Crippen molar-refractivity contribution in [2.45, 2.75) is 38.1 Å². The lowest BCUT2D eigenvalue weighted by Crippen LogP contribution is -2.36. The van der Waals surface area contributed by atoms with Gasteiger partial charge in [0.25, 0.3) is 0 Å². The van der Waals surface area contributed by atoms with Crippen LogP contribution in [0.25, 0.3) is 0 Å². The van der Waals surface area contributed by atoms with Crippen LogP contribution in [0.15, 0.2) is 24.3 Å². The lowest BCUT2D eigenvalue weighted by Gasteiger charge is -2.23. The lowest BCUT2D eigenvalue weighted by atomic mass is 10.2. The first kappa shape index (κ1) is 16.9. The number of nitrogens with zero attached hydrogens (tertiary/aromatic N) is 2. The van der Waals surface area contributed by atoms with Crippen LogP contribution in [0, 0.1) is 0 Å². The van der Waals surface area contributed by atoms with Gasteiger partial charge in [0.05, 0.1) is 17.9 Å². The van der Waals surface area contributed by atoms with Gasteiger partial charge in [-0.25, -0.2) is 0 Å². The largest absolute Gasteiger partial charge is 0.396 e. The van der Waals surface area contributed by atoms with Crippen LogP contribution in [0.2, 0.25) is 0 Å². The normalized spacial score (nSPS) is 17.6. The molecule has 130 valence electrons. The zero-order valence-electron chi connectivity index (χ0n) is 13.9. The SMILES string of the molecule is O=C(CN(CCCO)C1CC1)Nc1ccccc1N1CCCC1=O. The highest BCUT2D eigenvalue weighted by Crippen LogP contribution is 2.30. The summed E-state index contributed by atoms with van der Waals surface area (Å²) < 4.78 is 0. The van der Waals surface area contributed by atoms with Crippen molar-refractivity contribution in [2.24, 2.45) is 0 Å². The van der Waals surface area contributed by atoms with E-state index in [1.54, 1.807) is 4.90 Å². The molecule has 1 aromatic carbocycles. The minimum atomic E-state index is -0.0704. The van der Waals surface area contributed by atoms with Crippen LogP contribution in [0.1, 0.15) is 32.1 Å². The molecule has 3 rings (SSSR count). The minimum Gasteiger partial charge on any atom is -0.396 e. The van der Waals surface area contributed by atoms with Gasteiger partial charge in [0, 0.05) is 32.2 Å². The second kappa shape index (κ2) is 7.77. The number of nitrogens with one attached hydrogen (secondary N) is 1. The fourth-order valence-electron chi connectivity index (χ4n) is 3.20. The van der Waals surface area contributed by atoms with Gasteiger partial charge in [0.1, 0.15) is 0 Å². The summed E-state index contributed by atoms with van der Waals surface area (Å²) in [7, 11) is 0. The van der Waals surface area contributed by atoms with Crippen molar-refractivity contribution >= 4 is 23.2 Å². The Bertz CT molecular complexity index is 601. The Kier molecular flexibility index (Phi) is 5.48. The van der Waals surface area contributed by atoms with E-state index >= 15 is 0 Å². The first-order valence-electron chi connectivity index (χ1n) is 8.73. The Morgan fingerprint density at radius 1 is 1.33 bits per heavy atom. The van der Waals surface area contributed by atoms with E-state index in [2.05, 4.69) is 10.2 Å². The molecule has 0 spiro atoms. The number of para-hydroxylation sites is 2. The molecule has 2 N–H and O–H groups in total. The van der Waals surface area contributed by atoms with Gasteiger partial charge in [-0.1, -0.05) is 12.1 Å². The molecular formula is C18H25N3O3. The molecule has 1 aromatic rings. The van der Waals surface area contributed by atoms with Crippen LogP contribution < -0.4 is 10.2 Å². The number of anilines is 2. The van der Waals surface area contributed by atoms with Gasteiger partial charge in [0.15, 0.2) is 0 Å². The number of hydrogen-bond donors (Lipinski definition) is 2. The van der Waals surface area contributed by atoms with Gasteiger partial charge in [-0.15, -0.1) is 0 Å². The Hall–Kier alpha value is -1.92. The first-order valence-corrected chi connectivity index (χ1v) is 8.73. The van der Waals surface area contributed by atoms with E-state index in [0.717, 1.165) is 31.5 Å². The number of rotatable bonds is 8. The maximum atomic E-state index is 12.4. The summed E-state index contributed by atoms with van der Waals surface area (Å²) in [5.41, 5.74) is 1.47. The van der Waals surface area contributed by atoms with Crippen molar-refractivity contribution in [3.05, 3.63) is 24.3 Å². The van der Waals surface area contributed by atoms with E-state index in [1.807, 2.05) is 24.3 Å². The van der Waals surface area contributed by atoms with Gasteiger partial charge in [-0.3, -0.25) is 14.5 Å². The summed E-state index contributed by atoms with van der Waals surface area (Å²) in [5, 5.41) is 12.0. The minimum absolute atomic E-state index is 0.0704. The molecule has 1 aliphatic carbocycles. The molecule has 0 bridgehead atoms. The van der Waals surface area contributed by atoms with Gasteiger partial charge in [0.2, 0.25) is 11.8 Å². The molecule has 1 saturated carbocycles. The monoisotopic (exact) mass is 331 g/mol. The highest BCUT2D eigenvalue weighted by Gasteiger charge is 2.30. The third kappa shape index (κ3) is 4.13.